The number of nitrogens with one attached hydrogen (secondary N) is 1. The molecular weight excluding hydrogens is 256 g/mol. The molecule has 0 saturated carbocycles. The molecule has 5 nitrogen and oxygen atoms in total. The van der Waals surface area contributed by atoms with E-state index >= 15 is 0 Å². The van der Waals surface area contributed by atoms with E-state index in [-0.39, 0.29) is 18.0 Å². The average Bonchev–Trinajstić information content (AvgIpc) is 2.86. The summed E-state index contributed by atoms with van der Waals surface area (Å²) in [4.78, 5) is 15.6. The normalized spacial score (nSPS) is 11.2. The summed E-state index contributed by atoms with van der Waals surface area (Å²) in [6.45, 7) is 6.22. The van der Waals surface area contributed by atoms with E-state index < -0.39 is 6.09 Å². The van der Waals surface area contributed by atoms with Crippen LogP contribution in [0.1, 0.15) is 32.1 Å². The van der Waals surface area contributed by atoms with Crippen LogP contribution in [0.15, 0.2) is 40.9 Å². The number of anilines is 1. The van der Waals surface area contributed by atoms with Crippen LogP contribution in [0.25, 0.3) is 0 Å². The van der Waals surface area contributed by atoms with Crippen LogP contribution in [-0.2, 0) is 16.8 Å². The van der Waals surface area contributed by atoms with Gasteiger partial charge < -0.3 is 9.15 Å². The minimum atomic E-state index is -0.587. The van der Waals surface area contributed by atoms with Gasteiger partial charge in [0.2, 0.25) is 0 Å². The Labute approximate surface area is 118 Å². The van der Waals surface area contributed by atoms with Crippen LogP contribution in [0.4, 0.5) is 10.8 Å². The van der Waals surface area contributed by atoms with Gasteiger partial charge in [0.1, 0.15) is 12.4 Å². The van der Waals surface area contributed by atoms with Crippen molar-refractivity contribution in [3.63, 3.8) is 0 Å². The van der Waals surface area contributed by atoms with Crippen molar-refractivity contribution >= 4 is 12.1 Å². The Morgan fingerprint density at radius 3 is 2.60 bits per heavy atom. The summed E-state index contributed by atoms with van der Waals surface area (Å²) in [5.41, 5.74) is 0.770. The van der Waals surface area contributed by atoms with Gasteiger partial charge in [0.15, 0.2) is 0 Å². The molecule has 0 aliphatic carbocycles. The molecule has 20 heavy (non-hydrogen) atoms. The maximum absolute atomic E-state index is 11.6. The van der Waals surface area contributed by atoms with E-state index in [0.29, 0.717) is 5.76 Å². The summed E-state index contributed by atoms with van der Waals surface area (Å²) < 4.78 is 10.5. The number of ether oxygens (including phenoxy) is 1. The van der Waals surface area contributed by atoms with Crippen molar-refractivity contribution in [2.75, 3.05) is 5.32 Å². The molecule has 0 spiro atoms. The van der Waals surface area contributed by atoms with E-state index in [4.69, 9.17) is 9.15 Å². The molecule has 0 fully saturated rings. The summed E-state index contributed by atoms with van der Waals surface area (Å²) in [7, 11) is 0. The summed E-state index contributed by atoms with van der Waals surface area (Å²) in [6.07, 6.45) is 1.02. The highest BCUT2D eigenvalue weighted by Crippen LogP contribution is 2.24. The van der Waals surface area contributed by atoms with Gasteiger partial charge in [0.25, 0.3) is 0 Å². The van der Waals surface area contributed by atoms with Gasteiger partial charge in [-0.3, -0.25) is 0 Å². The van der Waals surface area contributed by atoms with E-state index in [2.05, 4.69) is 10.3 Å². The number of hydrogen-bond acceptors (Lipinski definition) is 4. The number of carbonyl (C=O) groups is 1. The zero-order chi connectivity index (χ0) is 14.6. The molecular formula is C15H18N2O3. The van der Waals surface area contributed by atoms with Gasteiger partial charge in [-0.1, -0.05) is 51.1 Å². The van der Waals surface area contributed by atoms with E-state index in [1.807, 2.05) is 51.1 Å². The van der Waals surface area contributed by atoms with Crippen LogP contribution < -0.4 is 5.32 Å². The van der Waals surface area contributed by atoms with Gasteiger partial charge in [0, 0.05) is 5.41 Å². The zero-order valence-electron chi connectivity index (χ0n) is 11.8. The molecule has 106 valence electrons. The fourth-order valence-electron chi connectivity index (χ4n) is 1.53. The lowest BCUT2D eigenvalue weighted by Gasteiger charge is -2.13. The molecule has 5 heteroatoms. The Balaban J connectivity index is 1.87. The van der Waals surface area contributed by atoms with E-state index in [1.165, 1.54) is 0 Å². The predicted molar refractivity (Wildman–Crippen MR) is 75.5 cm³/mol. The summed E-state index contributed by atoms with van der Waals surface area (Å²) in [5, 5.41) is 2.47. The molecule has 0 aliphatic heterocycles. The number of nitrogens with zero attached hydrogens (tertiary/aromatic N) is 1. The Kier molecular flexibility index (Phi) is 4.08. The first-order chi connectivity index (χ1) is 9.45. The Morgan fingerprint density at radius 1 is 1.30 bits per heavy atom. The lowest BCUT2D eigenvalue weighted by atomic mass is 9.94. The average molecular weight is 274 g/mol. The van der Waals surface area contributed by atoms with Crippen molar-refractivity contribution in [2.45, 2.75) is 32.8 Å². The van der Waals surface area contributed by atoms with Crippen molar-refractivity contribution in [3.8, 4) is 0 Å². The number of oxazole rings is 1. The van der Waals surface area contributed by atoms with Crippen LogP contribution in [-0.4, -0.2) is 11.1 Å². The van der Waals surface area contributed by atoms with Gasteiger partial charge in [-0.25, -0.2) is 15.1 Å². The van der Waals surface area contributed by atoms with Gasteiger partial charge in [-0.15, -0.1) is 0 Å². The van der Waals surface area contributed by atoms with Crippen molar-refractivity contribution in [1.82, 2.24) is 4.98 Å². The fraction of sp³-hybridized carbons (Fsp3) is 0.333. The van der Waals surface area contributed by atoms with Gasteiger partial charge >= 0.3 is 12.1 Å². The molecule has 2 rings (SSSR count). The number of aromatic nitrogens is 1. The topological polar surface area (TPSA) is 64.4 Å². The number of benzene rings is 1. The number of carbonyl (C=O) groups excluding carboxylic acids is 1. The fourth-order valence-corrected chi connectivity index (χ4v) is 1.53. The highest BCUT2D eigenvalue weighted by molar-refractivity contribution is 5.81. The lowest BCUT2D eigenvalue weighted by Crippen LogP contribution is -2.14. The van der Waals surface area contributed by atoms with Crippen molar-refractivity contribution in [2.24, 2.45) is 0 Å². The summed E-state index contributed by atoms with van der Waals surface area (Å²) in [5.74, 6) is 0.704. The first kappa shape index (κ1) is 14.1. The maximum Gasteiger partial charge on any atom is 0.415 e. The minimum Gasteiger partial charge on any atom is -0.444 e. The molecule has 1 amide bonds. The van der Waals surface area contributed by atoms with Crippen molar-refractivity contribution in [3.05, 3.63) is 47.9 Å². The quantitative estimate of drug-likeness (QED) is 0.926. The molecule has 1 aromatic carbocycles. The lowest BCUT2D eigenvalue weighted by molar-refractivity contribution is 0.154. The van der Waals surface area contributed by atoms with Crippen LogP contribution in [0.2, 0.25) is 0 Å². The van der Waals surface area contributed by atoms with Crippen LogP contribution in [0, 0.1) is 0 Å². The van der Waals surface area contributed by atoms with Crippen LogP contribution in [0.3, 0.4) is 0 Å². The van der Waals surface area contributed by atoms with Crippen LogP contribution >= 0.6 is 0 Å². The molecule has 0 bridgehead atoms. The van der Waals surface area contributed by atoms with Gasteiger partial charge in [-0.2, -0.15) is 0 Å². The smallest absolute Gasteiger partial charge is 0.415 e. The Hall–Kier alpha value is -2.30. The summed E-state index contributed by atoms with van der Waals surface area (Å²) >= 11 is 0. The molecule has 1 aromatic heterocycles. The molecule has 1 N–H and O–H groups in total. The SMILES string of the molecule is CC(C)(C)c1cnc(NC(=O)OCc2ccccc2)o1. The third-order valence-electron chi connectivity index (χ3n) is 2.67. The first-order valence-electron chi connectivity index (χ1n) is 6.39. The molecule has 2 aromatic rings. The number of amides is 1. The van der Waals surface area contributed by atoms with Crippen LogP contribution in [0.5, 0.6) is 0 Å². The van der Waals surface area contributed by atoms with Gasteiger partial charge in [-0.05, 0) is 5.56 Å². The molecule has 0 unspecified atom stereocenters. The van der Waals surface area contributed by atoms with E-state index in [0.717, 1.165) is 5.56 Å². The Bertz CT molecular complexity index is 570. The molecule has 1 heterocycles. The first-order valence-corrected chi connectivity index (χ1v) is 6.39. The van der Waals surface area contributed by atoms with Crippen molar-refractivity contribution < 1.29 is 13.9 Å². The second kappa shape index (κ2) is 5.77. The second-order valence-corrected chi connectivity index (χ2v) is 5.47. The zero-order valence-corrected chi connectivity index (χ0v) is 11.8. The second-order valence-electron chi connectivity index (χ2n) is 5.47. The highest BCUT2D eigenvalue weighted by atomic mass is 16.6. The minimum absolute atomic E-state index is 0.146. The number of rotatable bonds is 3. The predicted octanol–water partition coefficient (Wildman–Crippen LogP) is 3.72. The molecule has 0 aliphatic rings. The third-order valence-corrected chi connectivity index (χ3v) is 2.67. The van der Waals surface area contributed by atoms with E-state index in [9.17, 15) is 4.79 Å². The Morgan fingerprint density at radius 2 is 2.00 bits per heavy atom. The maximum atomic E-state index is 11.6. The molecule has 0 atom stereocenters. The largest absolute Gasteiger partial charge is 0.444 e. The highest BCUT2D eigenvalue weighted by Gasteiger charge is 2.20. The molecule has 0 saturated heterocycles. The van der Waals surface area contributed by atoms with Crippen molar-refractivity contribution in [1.29, 1.82) is 0 Å². The van der Waals surface area contributed by atoms with E-state index in [1.54, 1.807) is 6.20 Å². The summed E-state index contributed by atoms with van der Waals surface area (Å²) in [6, 6.07) is 9.60. The standard InChI is InChI=1S/C15H18N2O3/c1-15(2,3)12-9-16-13(20-12)17-14(18)19-10-11-7-5-4-6-8-11/h4-9H,10H2,1-3H3,(H,16,17,18). The third kappa shape index (κ3) is 3.85. The molecule has 0 radical (unpaired) electrons. The number of hydrogen-bond donors (Lipinski definition) is 1. The van der Waals surface area contributed by atoms with Gasteiger partial charge in [0.05, 0.1) is 6.20 Å². The monoisotopic (exact) mass is 274 g/mol.